The number of rotatable bonds is 8. The van der Waals surface area contributed by atoms with E-state index in [9.17, 15) is 4.79 Å². The van der Waals surface area contributed by atoms with E-state index in [1.54, 1.807) is 18.4 Å². The molecule has 1 aromatic heterocycles. The molecule has 4 rings (SSSR count). The topological polar surface area (TPSA) is 51.9 Å². The Hall–Kier alpha value is -2.74. The molecule has 0 radical (unpaired) electrons. The van der Waals surface area contributed by atoms with Crippen LogP contribution in [0.15, 0.2) is 76.2 Å². The number of para-hydroxylation sites is 1. The lowest BCUT2D eigenvalue weighted by Crippen LogP contribution is -2.27. The van der Waals surface area contributed by atoms with Gasteiger partial charge in [0.05, 0.1) is 22.7 Å². The molecule has 5 nitrogen and oxygen atoms in total. The standard InChI is InChI=1S/C23H18ClNO4S2/c24-19-8-1-2-9-20(19)29-12-11-28-17-6-3-5-16(13-17)14-21-22(26)25(23(30)31-21)15-18-7-4-10-27-18/h1-10,13-14H,11-12,15H2/b21-14+. The molecular weight excluding hydrogens is 454 g/mol. The zero-order valence-electron chi connectivity index (χ0n) is 16.3. The number of hydrogen-bond acceptors (Lipinski definition) is 6. The first-order valence-corrected chi connectivity index (χ1v) is 11.1. The molecule has 0 bridgehead atoms. The van der Waals surface area contributed by atoms with Gasteiger partial charge in [-0.2, -0.15) is 0 Å². The third-order valence-corrected chi connectivity index (χ3v) is 6.06. The van der Waals surface area contributed by atoms with E-state index in [4.69, 9.17) is 37.7 Å². The van der Waals surface area contributed by atoms with E-state index in [1.807, 2.05) is 54.6 Å². The van der Waals surface area contributed by atoms with Gasteiger partial charge in [-0.05, 0) is 48.0 Å². The monoisotopic (exact) mass is 471 g/mol. The summed E-state index contributed by atoms with van der Waals surface area (Å²) in [6.07, 6.45) is 3.39. The van der Waals surface area contributed by atoms with Gasteiger partial charge in [0.15, 0.2) is 0 Å². The third kappa shape index (κ3) is 5.50. The van der Waals surface area contributed by atoms with Crippen molar-refractivity contribution < 1.29 is 18.7 Å². The Morgan fingerprint density at radius 3 is 2.71 bits per heavy atom. The Morgan fingerprint density at radius 1 is 1.06 bits per heavy atom. The number of thiocarbonyl (C=S) groups is 1. The van der Waals surface area contributed by atoms with E-state index in [0.717, 1.165) is 5.56 Å². The molecule has 1 fully saturated rings. The second kappa shape index (κ2) is 10.0. The van der Waals surface area contributed by atoms with E-state index >= 15 is 0 Å². The van der Waals surface area contributed by atoms with E-state index in [-0.39, 0.29) is 5.91 Å². The molecular formula is C23H18ClNO4S2. The second-order valence-electron chi connectivity index (χ2n) is 6.55. The van der Waals surface area contributed by atoms with Crippen LogP contribution in [-0.2, 0) is 11.3 Å². The molecule has 158 valence electrons. The molecule has 2 heterocycles. The first-order valence-electron chi connectivity index (χ1n) is 9.48. The number of thioether (sulfide) groups is 1. The average molecular weight is 472 g/mol. The largest absolute Gasteiger partial charge is 0.490 e. The molecule has 8 heteroatoms. The van der Waals surface area contributed by atoms with Crippen LogP contribution < -0.4 is 9.47 Å². The molecule has 31 heavy (non-hydrogen) atoms. The van der Waals surface area contributed by atoms with Gasteiger partial charge in [0.1, 0.15) is 34.8 Å². The highest BCUT2D eigenvalue weighted by Crippen LogP contribution is 2.34. The zero-order chi connectivity index (χ0) is 21.6. The number of hydrogen-bond donors (Lipinski definition) is 0. The maximum atomic E-state index is 12.8. The van der Waals surface area contributed by atoms with Crippen LogP contribution in [0.2, 0.25) is 5.02 Å². The van der Waals surface area contributed by atoms with Crippen LogP contribution in [0.1, 0.15) is 11.3 Å². The predicted octanol–water partition coefficient (Wildman–Crippen LogP) is 5.79. The van der Waals surface area contributed by atoms with Gasteiger partial charge in [0.25, 0.3) is 5.91 Å². The maximum Gasteiger partial charge on any atom is 0.266 e. The van der Waals surface area contributed by atoms with Gasteiger partial charge in [-0.3, -0.25) is 9.69 Å². The van der Waals surface area contributed by atoms with Crippen molar-refractivity contribution >= 4 is 51.9 Å². The van der Waals surface area contributed by atoms with Crippen molar-refractivity contribution in [1.82, 2.24) is 4.90 Å². The molecule has 1 aliphatic rings. The van der Waals surface area contributed by atoms with Crippen molar-refractivity contribution in [3.05, 3.63) is 88.2 Å². The number of carbonyl (C=O) groups excluding carboxylic acids is 1. The summed E-state index contributed by atoms with van der Waals surface area (Å²) >= 11 is 12.7. The molecule has 0 N–H and O–H groups in total. The molecule has 1 amide bonds. The van der Waals surface area contributed by atoms with Crippen LogP contribution in [0.25, 0.3) is 6.08 Å². The SMILES string of the molecule is O=C1/C(=C\c2cccc(OCCOc3ccccc3Cl)c2)SC(=S)N1Cc1ccco1. The summed E-state index contributed by atoms with van der Waals surface area (Å²) in [6.45, 7) is 1.04. The Kier molecular flexibility index (Phi) is 6.96. The average Bonchev–Trinajstić information content (AvgIpc) is 3.37. The highest BCUT2D eigenvalue weighted by molar-refractivity contribution is 8.26. The van der Waals surface area contributed by atoms with Gasteiger partial charge in [0.2, 0.25) is 0 Å². The van der Waals surface area contributed by atoms with Gasteiger partial charge in [-0.15, -0.1) is 0 Å². The highest BCUT2D eigenvalue weighted by atomic mass is 35.5. The summed E-state index contributed by atoms with van der Waals surface area (Å²) in [4.78, 5) is 14.9. The fraction of sp³-hybridized carbons (Fsp3) is 0.130. The second-order valence-corrected chi connectivity index (χ2v) is 8.63. The van der Waals surface area contributed by atoms with Gasteiger partial charge in [0, 0.05) is 0 Å². The molecule has 3 aromatic rings. The molecule has 2 aromatic carbocycles. The van der Waals surface area contributed by atoms with Crippen LogP contribution >= 0.6 is 35.6 Å². The summed E-state index contributed by atoms with van der Waals surface area (Å²) in [6, 6.07) is 18.4. The van der Waals surface area contributed by atoms with E-state index in [2.05, 4.69) is 0 Å². The fourth-order valence-electron chi connectivity index (χ4n) is 2.91. The number of amides is 1. The van der Waals surface area contributed by atoms with Crippen molar-refractivity contribution in [3.8, 4) is 11.5 Å². The summed E-state index contributed by atoms with van der Waals surface area (Å²) in [7, 11) is 0. The van der Waals surface area contributed by atoms with Crippen molar-refractivity contribution in [2.75, 3.05) is 13.2 Å². The number of benzene rings is 2. The minimum Gasteiger partial charge on any atom is -0.490 e. The fourth-order valence-corrected chi connectivity index (χ4v) is 4.36. The number of furan rings is 1. The molecule has 1 aliphatic heterocycles. The van der Waals surface area contributed by atoms with Crippen molar-refractivity contribution in [2.45, 2.75) is 6.54 Å². The molecule has 0 saturated carbocycles. The summed E-state index contributed by atoms with van der Waals surface area (Å²) in [5, 5.41) is 0.564. The predicted molar refractivity (Wildman–Crippen MR) is 126 cm³/mol. The lowest BCUT2D eigenvalue weighted by Gasteiger charge is -2.12. The van der Waals surface area contributed by atoms with Crippen molar-refractivity contribution in [2.24, 2.45) is 0 Å². The van der Waals surface area contributed by atoms with Gasteiger partial charge in [-0.1, -0.05) is 59.8 Å². The van der Waals surface area contributed by atoms with Crippen LogP contribution in [0.4, 0.5) is 0 Å². The van der Waals surface area contributed by atoms with Crippen LogP contribution in [0.5, 0.6) is 11.5 Å². The normalized spacial score (nSPS) is 15.0. The van der Waals surface area contributed by atoms with Gasteiger partial charge >= 0.3 is 0 Å². The van der Waals surface area contributed by atoms with Gasteiger partial charge in [-0.25, -0.2) is 0 Å². The smallest absolute Gasteiger partial charge is 0.266 e. The number of carbonyl (C=O) groups is 1. The summed E-state index contributed by atoms with van der Waals surface area (Å²) in [5.74, 6) is 1.86. The Labute approximate surface area is 194 Å². The quantitative estimate of drug-likeness (QED) is 0.235. The van der Waals surface area contributed by atoms with Crippen LogP contribution in [0, 0.1) is 0 Å². The summed E-state index contributed by atoms with van der Waals surface area (Å²) in [5.41, 5.74) is 0.850. The van der Waals surface area contributed by atoms with Gasteiger partial charge < -0.3 is 13.9 Å². The number of ether oxygens (including phenoxy) is 2. The van der Waals surface area contributed by atoms with Crippen molar-refractivity contribution in [3.63, 3.8) is 0 Å². The van der Waals surface area contributed by atoms with E-state index < -0.39 is 0 Å². The van der Waals surface area contributed by atoms with E-state index in [0.29, 0.717) is 51.3 Å². The molecule has 0 spiro atoms. The third-order valence-electron chi connectivity index (χ3n) is 4.37. The lowest BCUT2D eigenvalue weighted by molar-refractivity contribution is -0.122. The molecule has 0 unspecified atom stereocenters. The van der Waals surface area contributed by atoms with Crippen LogP contribution in [0.3, 0.4) is 0 Å². The minimum absolute atomic E-state index is 0.133. The maximum absolute atomic E-state index is 12.8. The summed E-state index contributed by atoms with van der Waals surface area (Å²) < 4.78 is 17.2. The van der Waals surface area contributed by atoms with Crippen LogP contribution in [-0.4, -0.2) is 28.3 Å². The molecule has 0 atom stereocenters. The minimum atomic E-state index is -0.133. The first-order chi connectivity index (χ1) is 15.1. The first kappa shape index (κ1) is 21.5. The molecule has 0 aliphatic carbocycles. The zero-order valence-corrected chi connectivity index (χ0v) is 18.7. The highest BCUT2D eigenvalue weighted by Gasteiger charge is 2.32. The number of nitrogens with zero attached hydrogens (tertiary/aromatic N) is 1. The Balaban J connectivity index is 1.35. The van der Waals surface area contributed by atoms with Crippen molar-refractivity contribution in [1.29, 1.82) is 0 Å². The Morgan fingerprint density at radius 2 is 1.90 bits per heavy atom. The number of halogens is 1. The Bertz CT molecular complexity index is 1110. The lowest BCUT2D eigenvalue weighted by atomic mass is 10.2. The van der Waals surface area contributed by atoms with E-state index in [1.165, 1.54) is 16.7 Å². The molecule has 1 saturated heterocycles.